The average molecular weight is 353 g/mol. The summed E-state index contributed by atoms with van der Waals surface area (Å²) >= 11 is 1.88. The van der Waals surface area contributed by atoms with Crippen LogP contribution >= 0.6 is 11.8 Å². The number of benzene rings is 1. The van der Waals surface area contributed by atoms with Gasteiger partial charge in [-0.1, -0.05) is 37.3 Å². The first-order chi connectivity index (χ1) is 12.2. The molecule has 1 unspecified atom stereocenters. The Morgan fingerprint density at radius 2 is 1.92 bits per heavy atom. The number of fused-ring (bicyclic) bond motifs is 1. The van der Waals surface area contributed by atoms with E-state index in [2.05, 4.69) is 42.5 Å². The summed E-state index contributed by atoms with van der Waals surface area (Å²) in [5.41, 5.74) is 5.18. The molecule has 130 valence electrons. The van der Waals surface area contributed by atoms with Crippen LogP contribution in [0.2, 0.25) is 0 Å². The van der Waals surface area contributed by atoms with E-state index in [0.717, 1.165) is 17.0 Å². The Kier molecular flexibility index (Phi) is 5.49. The van der Waals surface area contributed by atoms with E-state index in [4.69, 9.17) is 4.74 Å². The van der Waals surface area contributed by atoms with Crippen LogP contribution < -0.4 is 0 Å². The lowest BCUT2D eigenvalue weighted by Gasteiger charge is -2.19. The molecule has 0 saturated heterocycles. The predicted molar refractivity (Wildman–Crippen MR) is 105 cm³/mol. The van der Waals surface area contributed by atoms with Crippen LogP contribution in [0.25, 0.3) is 5.52 Å². The molecule has 0 aliphatic heterocycles. The van der Waals surface area contributed by atoms with E-state index in [9.17, 15) is 4.79 Å². The largest absolute Gasteiger partial charge is 0.462 e. The van der Waals surface area contributed by atoms with Gasteiger partial charge in [-0.05, 0) is 48.9 Å². The maximum absolute atomic E-state index is 12.4. The number of ether oxygens (including phenoxy) is 1. The first-order valence-corrected chi connectivity index (χ1v) is 9.66. The summed E-state index contributed by atoms with van der Waals surface area (Å²) in [6, 6.07) is 16.4. The van der Waals surface area contributed by atoms with Crippen molar-refractivity contribution in [2.24, 2.45) is 0 Å². The second-order valence-electron chi connectivity index (χ2n) is 5.85. The van der Waals surface area contributed by atoms with Crippen molar-refractivity contribution in [3.63, 3.8) is 0 Å². The van der Waals surface area contributed by atoms with Gasteiger partial charge >= 0.3 is 5.97 Å². The molecule has 0 aliphatic carbocycles. The third-order valence-electron chi connectivity index (χ3n) is 4.27. The quantitative estimate of drug-likeness (QED) is 0.566. The normalized spacial score (nSPS) is 12.3. The van der Waals surface area contributed by atoms with Gasteiger partial charge in [-0.15, -0.1) is 11.8 Å². The highest BCUT2D eigenvalue weighted by Crippen LogP contribution is 2.39. The molecule has 2 heterocycles. The Balaban J connectivity index is 2.18. The van der Waals surface area contributed by atoms with Crippen LogP contribution in [0.5, 0.6) is 0 Å². The Hall–Kier alpha value is -2.20. The molecule has 0 saturated carbocycles. The molecule has 1 atom stereocenters. The number of aromatic nitrogens is 1. The van der Waals surface area contributed by atoms with Crippen LogP contribution in [-0.4, -0.2) is 22.7 Å². The minimum Gasteiger partial charge on any atom is -0.462 e. The third-order valence-corrected chi connectivity index (χ3v) is 5.44. The average Bonchev–Trinajstić information content (AvgIpc) is 3.00. The van der Waals surface area contributed by atoms with Crippen molar-refractivity contribution in [3.05, 3.63) is 77.1 Å². The van der Waals surface area contributed by atoms with Crippen LogP contribution in [0, 0.1) is 6.92 Å². The molecular formula is C21H23NO2S. The first-order valence-electron chi connectivity index (χ1n) is 8.61. The van der Waals surface area contributed by atoms with Gasteiger partial charge < -0.3 is 9.14 Å². The van der Waals surface area contributed by atoms with E-state index < -0.39 is 0 Å². The molecule has 0 spiro atoms. The van der Waals surface area contributed by atoms with Crippen molar-refractivity contribution < 1.29 is 9.53 Å². The summed E-state index contributed by atoms with van der Waals surface area (Å²) < 4.78 is 7.38. The molecule has 0 aliphatic rings. The summed E-state index contributed by atoms with van der Waals surface area (Å²) in [4.78, 5) is 12.4. The number of carbonyl (C=O) groups excluding carboxylic acids is 1. The van der Waals surface area contributed by atoms with E-state index in [0.29, 0.717) is 12.2 Å². The summed E-state index contributed by atoms with van der Waals surface area (Å²) in [5, 5.41) is 0.171. The highest BCUT2D eigenvalue weighted by atomic mass is 32.2. The molecule has 0 amide bonds. The number of esters is 1. The second kappa shape index (κ2) is 7.79. The number of rotatable bonds is 6. The van der Waals surface area contributed by atoms with Crippen LogP contribution in [0.4, 0.5) is 0 Å². The van der Waals surface area contributed by atoms with Crippen molar-refractivity contribution in [1.29, 1.82) is 0 Å². The van der Waals surface area contributed by atoms with Crippen molar-refractivity contribution in [1.82, 2.24) is 4.40 Å². The molecule has 1 aromatic carbocycles. The Bertz CT molecular complexity index is 884. The smallest absolute Gasteiger partial charge is 0.340 e. The van der Waals surface area contributed by atoms with Gasteiger partial charge in [-0.2, -0.15) is 0 Å². The van der Waals surface area contributed by atoms with E-state index in [-0.39, 0.29) is 11.2 Å². The molecule has 0 N–H and O–H groups in total. The topological polar surface area (TPSA) is 30.7 Å². The van der Waals surface area contributed by atoms with Crippen LogP contribution in [-0.2, 0) is 4.74 Å². The Morgan fingerprint density at radius 1 is 1.16 bits per heavy atom. The minimum absolute atomic E-state index is 0.171. The maximum atomic E-state index is 12.4. The fourth-order valence-corrected chi connectivity index (χ4v) is 4.27. The van der Waals surface area contributed by atoms with Gasteiger partial charge in [0.2, 0.25) is 0 Å². The highest BCUT2D eigenvalue weighted by molar-refractivity contribution is 7.99. The third kappa shape index (κ3) is 3.45. The number of nitrogens with zero attached hydrogens (tertiary/aromatic N) is 1. The monoisotopic (exact) mass is 353 g/mol. The van der Waals surface area contributed by atoms with Gasteiger partial charge in [-0.25, -0.2) is 4.79 Å². The fourth-order valence-electron chi connectivity index (χ4n) is 3.14. The lowest BCUT2D eigenvalue weighted by Crippen LogP contribution is -2.03. The van der Waals surface area contributed by atoms with E-state index in [1.807, 2.05) is 49.1 Å². The molecule has 0 fully saturated rings. The number of pyridine rings is 1. The zero-order valence-electron chi connectivity index (χ0n) is 14.9. The van der Waals surface area contributed by atoms with Crippen molar-refractivity contribution in [2.75, 3.05) is 12.4 Å². The van der Waals surface area contributed by atoms with Gasteiger partial charge in [0.25, 0.3) is 0 Å². The number of hydrogen-bond donors (Lipinski definition) is 0. The van der Waals surface area contributed by atoms with Crippen LogP contribution in [0.3, 0.4) is 0 Å². The molecule has 0 radical (unpaired) electrons. The van der Waals surface area contributed by atoms with Gasteiger partial charge in [0.15, 0.2) is 0 Å². The Labute approximate surface area is 153 Å². The molecule has 2 aromatic heterocycles. The molecule has 0 bridgehead atoms. The fraction of sp³-hybridized carbons (Fsp3) is 0.286. The molecule has 3 nitrogen and oxygen atoms in total. The zero-order valence-corrected chi connectivity index (χ0v) is 15.7. The summed E-state index contributed by atoms with van der Waals surface area (Å²) in [7, 11) is 0. The minimum atomic E-state index is -0.262. The first kappa shape index (κ1) is 17.6. The highest BCUT2D eigenvalue weighted by Gasteiger charge is 2.23. The lowest BCUT2D eigenvalue weighted by molar-refractivity contribution is 0.0529. The van der Waals surface area contributed by atoms with Crippen LogP contribution in [0.15, 0.2) is 54.7 Å². The number of aryl methyl sites for hydroxylation is 1. The van der Waals surface area contributed by atoms with Gasteiger partial charge in [0, 0.05) is 11.9 Å². The number of carbonyl (C=O) groups is 1. The molecule has 4 heteroatoms. The van der Waals surface area contributed by atoms with Crippen molar-refractivity contribution >= 4 is 23.2 Å². The standard InChI is InChI=1S/C21H23NO2S/c1-4-24-21(23)17-14-19(22-13-9-8-12-18(17)22)20(25-5-2)16-11-7-6-10-15(16)3/h6-14,20H,4-5H2,1-3H3. The van der Waals surface area contributed by atoms with Gasteiger partial charge in [-0.3, -0.25) is 0 Å². The molecule has 3 aromatic rings. The predicted octanol–water partition coefficient (Wildman–Crippen LogP) is 5.27. The van der Waals surface area contributed by atoms with Gasteiger partial charge in [0.1, 0.15) is 0 Å². The van der Waals surface area contributed by atoms with Crippen molar-refractivity contribution in [3.8, 4) is 0 Å². The van der Waals surface area contributed by atoms with E-state index in [1.54, 1.807) is 0 Å². The summed E-state index contributed by atoms with van der Waals surface area (Å²) in [6.45, 7) is 6.52. The molecule has 3 rings (SSSR count). The number of hydrogen-bond acceptors (Lipinski definition) is 3. The van der Waals surface area contributed by atoms with Gasteiger partial charge in [0.05, 0.1) is 22.9 Å². The summed E-state index contributed by atoms with van der Waals surface area (Å²) in [6.07, 6.45) is 2.02. The summed E-state index contributed by atoms with van der Waals surface area (Å²) in [5.74, 6) is 0.732. The SMILES string of the molecule is CCOC(=O)c1cc(C(SCC)c2ccccc2C)n2ccccc12. The zero-order chi connectivity index (χ0) is 17.8. The van der Waals surface area contributed by atoms with E-state index >= 15 is 0 Å². The molecule has 25 heavy (non-hydrogen) atoms. The lowest BCUT2D eigenvalue weighted by atomic mass is 10.0. The number of thioether (sulfide) groups is 1. The Morgan fingerprint density at radius 3 is 2.64 bits per heavy atom. The second-order valence-corrected chi connectivity index (χ2v) is 7.23. The van der Waals surface area contributed by atoms with Crippen LogP contribution in [0.1, 0.15) is 46.3 Å². The van der Waals surface area contributed by atoms with Crippen molar-refractivity contribution in [2.45, 2.75) is 26.0 Å². The maximum Gasteiger partial charge on any atom is 0.340 e. The van der Waals surface area contributed by atoms with E-state index in [1.165, 1.54) is 11.1 Å². The molecular weight excluding hydrogens is 330 g/mol.